The molecule has 0 aliphatic rings. The molecule has 0 aliphatic heterocycles. The molecule has 5 rings (SSSR count). The average Bonchev–Trinajstić information content (AvgIpc) is 3.51. The van der Waals surface area contributed by atoms with Crippen LogP contribution in [0, 0.1) is 5.82 Å². The van der Waals surface area contributed by atoms with Crippen LogP contribution in [0.25, 0.3) is 28.3 Å². The number of aromatic nitrogens is 5. The van der Waals surface area contributed by atoms with Crippen LogP contribution in [0.4, 0.5) is 9.52 Å². The van der Waals surface area contributed by atoms with Crippen molar-refractivity contribution < 1.29 is 9.18 Å². The van der Waals surface area contributed by atoms with Gasteiger partial charge in [-0.1, -0.05) is 30.0 Å². The summed E-state index contributed by atoms with van der Waals surface area (Å²) in [6.07, 6.45) is 3.43. The number of thioether (sulfide) groups is 1. The van der Waals surface area contributed by atoms with E-state index < -0.39 is 0 Å². The molecule has 0 spiro atoms. The molecule has 0 atom stereocenters. The van der Waals surface area contributed by atoms with Gasteiger partial charge in [-0.25, -0.2) is 9.37 Å². The number of hydrogen-bond donors (Lipinski definition) is 1. The maximum atomic E-state index is 13.1. The van der Waals surface area contributed by atoms with Crippen LogP contribution in [0.5, 0.6) is 0 Å². The Balaban J connectivity index is 1.31. The van der Waals surface area contributed by atoms with Gasteiger partial charge < -0.3 is 5.32 Å². The van der Waals surface area contributed by atoms with Crippen molar-refractivity contribution in [2.45, 2.75) is 5.16 Å². The van der Waals surface area contributed by atoms with Gasteiger partial charge in [0.25, 0.3) is 0 Å². The molecule has 2 aromatic carbocycles. The molecular weight excluding hydrogens is 471 g/mol. The quantitative estimate of drug-likeness (QED) is 0.312. The van der Waals surface area contributed by atoms with E-state index in [1.54, 1.807) is 24.5 Å². The van der Waals surface area contributed by atoms with Crippen LogP contribution in [-0.4, -0.2) is 36.4 Å². The Bertz CT molecular complexity index is 1400. The van der Waals surface area contributed by atoms with Crippen LogP contribution in [-0.2, 0) is 4.79 Å². The Kier molecular flexibility index (Phi) is 6.41. The van der Waals surface area contributed by atoms with E-state index in [2.05, 4.69) is 25.5 Å². The number of carbonyl (C=O) groups is 1. The van der Waals surface area contributed by atoms with Crippen molar-refractivity contribution in [2.75, 3.05) is 11.1 Å². The van der Waals surface area contributed by atoms with E-state index in [9.17, 15) is 9.18 Å². The lowest BCUT2D eigenvalue weighted by molar-refractivity contribution is -0.113. The predicted molar refractivity (Wildman–Crippen MR) is 131 cm³/mol. The molecule has 5 aromatic rings. The fourth-order valence-corrected chi connectivity index (χ4v) is 4.71. The molecule has 168 valence electrons. The fraction of sp³-hybridized carbons (Fsp3) is 0.0417. The number of pyridine rings is 1. The number of benzene rings is 2. The second-order valence-corrected chi connectivity index (χ2v) is 8.90. The van der Waals surface area contributed by atoms with Crippen molar-refractivity contribution in [2.24, 2.45) is 0 Å². The molecule has 7 nitrogen and oxygen atoms in total. The maximum Gasteiger partial charge on any atom is 0.236 e. The van der Waals surface area contributed by atoms with Crippen molar-refractivity contribution in [3.63, 3.8) is 0 Å². The number of nitrogens with zero attached hydrogens (tertiary/aromatic N) is 5. The second kappa shape index (κ2) is 9.94. The standard InChI is InChI=1S/C24H17FN6OS2/c25-18-10-8-16(9-11-18)20-14-33-23(27-20)28-21(32)15-34-24-30-29-22(17-5-4-12-26-13-17)31(24)19-6-2-1-3-7-19/h1-14H,15H2,(H,27,28,32). The third-order valence-corrected chi connectivity index (χ3v) is 6.48. The van der Waals surface area contributed by atoms with Gasteiger partial charge in [0.05, 0.1) is 11.4 Å². The van der Waals surface area contributed by atoms with Crippen molar-refractivity contribution >= 4 is 34.1 Å². The Morgan fingerprint density at radius 1 is 1.00 bits per heavy atom. The van der Waals surface area contributed by atoms with Crippen LogP contribution in [0.2, 0.25) is 0 Å². The Morgan fingerprint density at radius 2 is 1.82 bits per heavy atom. The summed E-state index contributed by atoms with van der Waals surface area (Å²) in [6, 6.07) is 19.6. The number of amides is 1. The first-order valence-electron chi connectivity index (χ1n) is 10.2. The van der Waals surface area contributed by atoms with Crippen molar-refractivity contribution in [1.82, 2.24) is 24.7 Å². The molecule has 0 bridgehead atoms. The molecule has 3 aromatic heterocycles. The molecule has 0 saturated carbocycles. The molecule has 0 saturated heterocycles. The van der Waals surface area contributed by atoms with E-state index >= 15 is 0 Å². The molecule has 0 aliphatic carbocycles. The van der Waals surface area contributed by atoms with Gasteiger partial charge in [-0.3, -0.25) is 14.3 Å². The number of halogens is 1. The minimum absolute atomic E-state index is 0.128. The van der Waals surface area contributed by atoms with Gasteiger partial charge >= 0.3 is 0 Å². The molecule has 10 heteroatoms. The van der Waals surface area contributed by atoms with Gasteiger partial charge in [-0.05, 0) is 48.5 Å². The lowest BCUT2D eigenvalue weighted by atomic mass is 10.2. The van der Waals surface area contributed by atoms with Crippen molar-refractivity contribution in [3.8, 4) is 28.3 Å². The van der Waals surface area contributed by atoms with E-state index in [0.717, 1.165) is 16.8 Å². The largest absolute Gasteiger partial charge is 0.301 e. The Hall–Kier alpha value is -3.89. The van der Waals surface area contributed by atoms with Crippen LogP contribution < -0.4 is 5.32 Å². The summed E-state index contributed by atoms with van der Waals surface area (Å²) in [5.41, 5.74) is 3.17. The zero-order chi connectivity index (χ0) is 23.3. The smallest absolute Gasteiger partial charge is 0.236 e. The number of para-hydroxylation sites is 1. The summed E-state index contributed by atoms with van der Waals surface area (Å²) >= 11 is 2.60. The van der Waals surface area contributed by atoms with Crippen LogP contribution in [0.3, 0.4) is 0 Å². The number of rotatable bonds is 7. The number of thiazole rings is 1. The van der Waals surface area contributed by atoms with Crippen LogP contribution in [0.15, 0.2) is 89.7 Å². The Morgan fingerprint density at radius 3 is 2.59 bits per heavy atom. The van der Waals surface area contributed by atoms with Gasteiger partial charge in [-0.15, -0.1) is 21.5 Å². The SMILES string of the molecule is O=C(CSc1nnc(-c2cccnc2)n1-c1ccccc1)Nc1nc(-c2ccc(F)cc2)cs1. The second-order valence-electron chi connectivity index (χ2n) is 7.10. The Labute approximate surface area is 202 Å². The summed E-state index contributed by atoms with van der Waals surface area (Å²) in [4.78, 5) is 21.2. The van der Waals surface area contributed by atoms with E-state index in [-0.39, 0.29) is 17.5 Å². The highest BCUT2D eigenvalue weighted by molar-refractivity contribution is 7.99. The molecule has 1 amide bonds. The predicted octanol–water partition coefficient (Wildman–Crippen LogP) is 5.32. The average molecular weight is 489 g/mol. The van der Waals surface area contributed by atoms with Gasteiger partial charge in [0.1, 0.15) is 5.82 Å². The topological polar surface area (TPSA) is 85.6 Å². The van der Waals surface area contributed by atoms with E-state index in [1.807, 2.05) is 52.4 Å². The van der Waals surface area contributed by atoms with Crippen molar-refractivity contribution in [3.05, 3.63) is 90.3 Å². The molecule has 0 unspecified atom stereocenters. The lowest BCUT2D eigenvalue weighted by Crippen LogP contribution is -2.14. The van der Waals surface area contributed by atoms with Gasteiger partial charge in [0, 0.05) is 34.6 Å². The highest BCUT2D eigenvalue weighted by Crippen LogP contribution is 2.28. The lowest BCUT2D eigenvalue weighted by Gasteiger charge is -2.10. The normalized spacial score (nSPS) is 10.9. The first-order chi connectivity index (χ1) is 16.7. The zero-order valence-corrected chi connectivity index (χ0v) is 19.3. The molecule has 3 heterocycles. The monoisotopic (exact) mass is 488 g/mol. The first-order valence-corrected chi connectivity index (χ1v) is 12.1. The van der Waals surface area contributed by atoms with Crippen LogP contribution >= 0.6 is 23.1 Å². The molecule has 0 radical (unpaired) electrons. The number of nitrogens with one attached hydrogen (secondary N) is 1. The van der Waals surface area contributed by atoms with E-state index in [0.29, 0.717) is 21.8 Å². The summed E-state index contributed by atoms with van der Waals surface area (Å²) < 4.78 is 15.1. The van der Waals surface area contributed by atoms with E-state index in [1.165, 1.54) is 35.2 Å². The van der Waals surface area contributed by atoms with Gasteiger partial charge in [-0.2, -0.15) is 0 Å². The molecular formula is C24H17FN6OS2. The maximum absolute atomic E-state index is 13.1. The van der Waals surface area contributed by atoms with Gasteiger partial charge in [0.15, 0.2) is 16.1 Å². The third-order valence-electron chi connectivity index (χ3n) is 4.79. The highest BCUT2D eigenvalue weighted by atomic mass is 32.2. The molecule has 0 fully saturated rings. The fourth-order valence-electron chi connectivity index (χ4n) is 3.23. The van der Waals surface area contributed by atoms with Crippen LogP contribution in [0.1, 0.15) is 0 Å². The summed E-state index contributed by atoms with van der Waals surface area (Å²) in [7, 11) is 0. The van der Waals surface area contributed by atoms with Gasteiger partial charge in [0.2, 0.25) is 5.91 Å². The molecule has 1 N–H and O–H groups in total. The highest BCUT2D eigenvalue weighted by Gasteiger charge is 2.18. The third kappa shape index (κ3) is 4.87. The minimum atomic E-state index is -0.306. The van der Waals surface area contributed by atoms with Crippen molar-refractivity contribution in [1.29, 1.82) is 0 Å². The first kappa shape index (κ1) is 21.9. The summed E-state index contributed by atoms with van der Waals surface area (Å²) in [6.45, 7) is 0. The minimum Gasteiger partial charge on any atom is -0.301 e. The summed E-state index contributed by atoms with van der Waals surface area (Å²) in [5.74, 6) is 0.255. The number of carbonyl (C=O) groups excluding carboxylic acids is 1. The zero-order valence-electron chi connectivity index (χ0n) is 17.6. The van der Waals surface area contributed by atoms with E-state index in [4.69, 9.17) is 0 Å². The molecule has 34 heavy (non-hydrogen) atoms. The number of anilines is 1. The summed E-state index contributed by atoms with van der Waals surface area (Å²) in [5, 5.41) is 14.4. The number of hydrogen-bond acceptors (Lipinski definition) is 7.